The molecule has 0 saturated carbocycles. The first kappa shape index (κ1) is 12.0. The van der Waals surface area contributed by atoms with Gasteiger partial charge in [-0.2, -0.15) is 13.2 Å². The molecule has 7 heteroatoms. The lowest BCUT2D eigenvalue weighted by Gasteiger charge is -2.25. The number of piperazine rings is 1. The fourth-order valence-electron chi connectivity index (χ4n) is 1.36. The molecule has 1 heterocycles. The number of carbonyl (C=O) groups excluding carboxylic acids is 2. The van der Waals surface area contributed by atoms with Gasteiger partial charge in [-0.3, -0.25) is 19.8 Å². The molecule has 4 nitrogen and oxygen atoms in total. The van der Waals surface area contributed by atoms with Crippen LogP contribution in [0, 0.1) is 0 Å². The zero-order valence-electron chi connectivity index (χ0n) is 7.93. The Bertz CT molecular complexity index is 249. The zero-order chi connectivity index (χ0) is 11.5. The standard InChI is InChI=1S/C8H11F3N2O2/c9-8(10,11)2-1-3-13-4-6(14)12-7(15)5-13/h1-5H2,(H,12,14,15). The summed E-state index contributed by atoms with van der Waals surface area (Å²) in [6.07, 6.45) is -5.16. The van der Waals surface area contributed by atoms with Crippen molar-refractivity contribution < 1.29 is 22.8 Å². The van der Waals surface area contributed by atoms with E-state index >= 15 is 0 Å². The number of alkyl halides is 3. The summed E-state index contributed by atoms with van der Waals surface area (Å²) in [6, 6.07) is 0. The van der Waals surface area contributed by atoms with Crippen LogP contribution < -0.4 is 5.32 Å². The second-order valence-electron chi connectivity index (χ2n) is 3.40. The third-order valence-electron chi connectivity index (χ3n) is 1.95. The number of imide groups is 1. The van der Waals surface area contributed by atoms with Gasteiger partial charge >= 0.3 is 6.18 Å². The summed E-state index contributed by atoms with van der Waals surface area (Å²) in [6.45, 7) is 0.0892. The molecule has 0 spiro atoms. The van der Waals surface area contributed by atoms with Gasteiger partial charge in [0.25, 0.3) is 0 Å². The Morgan fingerprint density at radius 3 is 2.20 bits per heavy atom. The Labute approximate surface area is 84.4 Å². The lowest BCUT2D eigenvalue weighted by molar-refractivity contribution is -0.138. The van der Waals surface area contributed by atoms with Gasteiger partial charge in [0.05, 0.1) is 13.1 Å². The molecule has 0 aromatic heterocycles. The van der Waals surface area contributed by atoms with Gasteiger partial charge < -0.3 is 0 Å². The van der Waals surface area contributed by atoms with Crippen LogP contribution in [0.15, 0.2) is 0 Å². The molecule has 1 fully saturated rings. The van der Waals surface area contributed by atoms with Crippen LogP contribution in [0.4, 0.5) is 13.2 Å². The van der Waals surface area contributed by atoms with Crippen LogP contribution in [0.1, 0.15) is 12.8 Å². The zero-order valence-corrected chi connectivity index (χ0v) is 7.93. The maximum atomic E-state index is 11.8. The van der Waals surface area contributed by atoms with E-state index in [-0.39, 0.29) is 26.1 Å². The van der Waals surface area contributed by atoms with Crippen LogP contribution in [0.3, 0.4) is 0 Å². The van der Waals surface area contributed by atoms with E-state index in [9.17, 15) is 22.8 Å². The van der Waals surface area contributed by atoms with Gasteiger partial charge in [-0.05, 0) is 13.0 Å². The number of rotatable bonds is 3. The summed E-state index contributed by atoms with van der Waals surface area (Å²) < 4.78 is 35.4. The minimum absolute atomic E-state index is 0.0103. The van der Waals surface area contributed by atoms with Gasteiger partial charge in [-0.25, -0.2) is 0 Å². The van der Waals surface area contributed by atoms with Crippen molar-refractivity contribution in [3.05, 3.63) is 0 Å². The molecule has 1 rings (SSSR count). The first-order chi connectivity index (χ1) is 6.87. The van der Waals surface area contributed by atoms with Gasteiger partial charge in [0.15, 0.2) is 0 Å². The Kier molecular flexibility index (Phi) is 3.67. The number of hydrogen-bond acceptors (Lipinski definition) is 3. The van der Waals surface area contributed by atoms with E-state index in [0.29, 0.717) is 0 Å². The van der Waals surface area contributed by atoms with Crippen LogP contribution in [0.5, 0.6) is 0 Å². The summed E-state index contributed by atoms with van der Waals surface area (Å²) in [5.74, 6) is -0.920. The van der Waals surface area contributed by atoms with Crippen LogP contribution in [0.2, 0.25) is 0 Å². The number of nitrogens with one attached hydrogen (secondary N) is 1. The molecule has 1 saturated heterocycles. The lowest BCUT2D eigenvalue weighted by atomic mass is 10.2. The molecule has 0 aromatic carbocycles. The quantitative estimate of drug-likeness (QED) is 0.701. The molecule has 0 aromatic rings. The Morgan fingerprint density at radius 2 is 1.73 bits per heavy atom. The minimum Gasteiger partial charge on any atom is -0.294 e. The van der Waals surface area contributed by atoms with Crippen LogP contribution in [-0.2, 0) is 9.59 Å². The molecular formula is C8H11F3N2O2. The highest BCUT2D eigenvalue weighted by Crippen LogP contribution is 2.21. The fraction of sp³-hybridized carbons (Fsp3) is 0.750. The van der Waals surface area contributed by atoms with E-state index in [1.807, 2.05) is 0 Å². The molecule has 15 heavy (non-hydrogen) atoms. The number of halogens is 3. The molecule has 0 aliphatic carbocycles. The molecule has 0 unspecified atom stereocenters. The van der Waals surface area contributed by atoms with Gasteiger partial charge in [0.1, 0.15) is 0 Å². The average Bonchev–Trinajstić information content (AvgIpc) is 1.99. The van der Waals surface area contributed by atoms with E-state index in [1.54, 1.807) is 0 Å². The number of carbonyl (C=O) groups is 2. The minimum atomic E-state index is -4.18. The van der Waals surface area contributed by atoms with E-state index in [4.69, 9.17) is 0 Å². The van der Waals surface area contributed by atoms with Crippen molar-refractivity contribution in [2.75, 3.05) is 19.6 Å². The fourth-order valence-corrected chi connectivity index (χ4v) is 1.36. The third kappa shape index (κ3) is 4.78. The van der Waals surface area contributed by atoms with Crippen LogP contribution >= 0.6 is 0 Å². The predicted molar refractivity (Wildman–Crippen MR) is 44.9 cm³/mol. The summed E-state index contributed by atoms with van der Waals surface area (Å²) >= 11 is 0. The van der Waals surface area contributed by atoms with Crippen molar-refractivity contribution >= 4 is 11.8 Å². The number of nitrogens with zero attached hydrogens (tertiary/aromatic N) is 1. The Hall–Kier alpha value is -1.11. The molecule has 1 N–H and O–H groups in total. The first-order valence-corrected chi connectivity index (χ1v) is 4.48. The highest BCUT2D eigenvalue weighted by Gasteiger charge is 2.28. The molecule has 1 aliphatic heterocycles. The van der Waals surface area contributed by atoms with E-state index in [2.05, 4.69) is 5.32 Å². The van der Waals surface area contributed by atoms with E-state index in [1.165, 1.54) is 4.90 Å². The van der Waals surface area contributed by atoms with Gasteiger partial charge in [-0.15, -0.1) is 0 Å². The summed E-state index contributed by atoms with van der Waals surface area (Å²) in [7, 11) is 0. The third-order valence-corrected chi connectivity index (χ3v) is 1.95. The van der Waals surface area contributed by atoms with Crippen LogP contribution in [-0.4, -0.2) is 42.5 Å². The maximum absolute atomic E-state index is 11.8. The molecule has 0 radical (unpaired) electrons. The number of hydrogen-bond donors (Lipinski definition) is 1. The smallest absolute Gasteiger partial charge is 0.294 e. The molecule has 2 amide bonds. The van der Waals surface area contributed by atoms with Crippen molar-refractivity contribution in [3.63, 3.8) is 0 Å². The lowest BCUT2D eigenvalue weighted by Crippen LogP contribution is -2.51. The first-order valence-electron chi connectivity index (χ1n) is 4.48. The van der Waals surface area contributed by atoms with E-state index < -0.39 is 24.4 Å². The second kappa shape index (κ2) is 4.61. The van der Waals surface area contributed by atoms with Gasteiger partial charge in [0, 0.05) is 6.42 Å². The highest BCUT2D eigenvalue weighted by molar-refractivity contribution is 5.99. The largest absolute Gasteiger partial charge is 0.389 e. The van der Waals surface area contributed by atoms with Gasteiger partial charge in [-0.1, -0.05) is 0 Å². The number of amides is 2. The maximum Gasteiger partial charge on any atom is 0.389 e. The molecule has 1 aliphatic rings. The SMILES string of the molecule is O=C1CN(CCCC(F)(F)F)CC(=O)N1. The Balaban J connectivity index is 2.27. The van der Waals surface area contributed by atoms with Crippen molar-refractivity contribution in [1.82, 2.24) is 10.2 Å². The molecular weight excluding hydrogens is 213 g/mol. The second-order valence-corrected chi connectivity index (χ2v) is 3.40. The topological polar surface area (TPSA) is 49.4 Å². The summed E-state index contributed by atoms with van der Waals surface area (Å²) in [4.78, 5) is 23.1. The van der Waals surface area contributed by atoms with Gasteiger partial charge in [0.2, 0.25) is 11.8 Å². The monoisotopic (exact) mass is 224 g/mol. The highest BCUT2D eigenvalue weighted by atomic mass is 19.4. The molecule has 0 atom stereocenters. The summed E-state index contributed by atoms with van der Waals surface area (Å²) in [5.41, 5.74) is 0. The van der Waals surface area contributed by atoms with E-state index in [0.717, 1.165) is 0 Å². The molecule has 86 valence electrons. The Morgan fingerprint density at radius 1 is 1.20 bits per heavy atom. The predicted octanol–water partition coefficient (Wildman–Crippen LogP) is 0.287. The average molecular weight is 224 g/mol. The van der Waals surface area contributed by atoms with Crippen molar-refractivity contribution in [2.45, 2.75) is 19.0 Å². The van der Waals surface area contributed by atoms with Crippen molar-refractivity contribution in [1.29, 1.82) is 0 Å². The summed E-state index contributed by atoms with van der Waals surface area (Å²) in [5, 5.41) is 2.07. The van der Waals surface area contributed by atoms with Crippen LogP contribution in [0.25, 0.3) is 0 Å². The normalized spacial score (nSPS) is 19.1. The molecule has 0 bridgehead atoms. The van der Waals surface area contributed by atoms with Crippen molar-refractivity contribution in [3.8, 4) is 0 Å². The van der Waals surface area contributed by atoms with Crippen molar-refractivity contribution in [2.24, 2.45) is 0 Å².